The number of aromatic hydroxyl groups is 1. The van der Waals surface area contributed by atoms with Crippen molar-refractivity contribution >= 4 is 5.97 Å². The Morgan fingerprint density at radius 1 is 1.39 bits per heavy atom. The Bertz CT molecular complexity index is 397. The van der Waals surface area contributed by atoms with E-state index < -0.39 is 5.97 Å². The van der Waals surface area contributed by atoms with Gasteiger partial charge in [-0.1, -0.05) is 13.8 Å². The molecule has 1 aromatic carbocycles. The third-order valence-electron chi connectivity index (χ3n) is 2.55. The normalized spacial score (nSPS) is 13.3. The van der Waals surface area contributed by atoms with Crippen molar-refractivity contribution in [3.05, 3.63) is 23.8 Å². The molecule has 2 rings (SSSR count). The van der Waals surface area contributed by atoms with Gasteiger partial charge >= 0.3 is 5.97 Å². The Morgan fingerprint density at radius 2 is 2.06 bits per heavy atom. The number of phenolic OH excluding ortho intramolecular Hbond substituents is 1. The number of hydrogen-bond donors (Lipinski definition) is 1. The maximum atomic E-state index is 11.3. The maximum Gasteiger partial charge on any atom is 0.337 e. The van der Waals surface area contributed by atoms with Gasteiger partial charge in [0, 0.05) is 0 Å². The summed E-state index contributed by atoms with van der Waals surface area (Å²) in [6.07, 6.45) is 2.36. The minimum atomic E-state index is -0.434. The molecule has 0 atom stereocenters. The van der Waals surface area contributed by atoms with Gasteiger partial charge in [-0.25, -0.2) is 4.79 Å². The molecule has 0 aliphatic heterocycles. The number of hydrogen-bond acceptors (Lipinski definition) is 4. The van der Waals surface area contributed by atoms with E-state index in [2.05, 4.69) is 4.74 Å². The lowest BCUT2D eigenvalue weighted by Gasteiger charge is -2.08. The summed E-state index contributed by atoms with van der Waals surface area (Å²) in [7, 11) is 1.32. The second-order valence-electron chi connectivity index (χ2n) is 3.93. The molecule has 100 valence electrons. The number of phenols is 1. The number of methoxy groups -OCH3 is 1. The van der Waals surface area contributed by atoms with Crippen molar-refractivity contribution < 1.29 is 19.4 Å². The number of benzene rings is 1. The molecule has 0 bridgehead atoms. The summed E-state index contributed by atoms with van der Waals surface area (Å²) >= 11 is 0. The van der Waals surface area contributed by atoms with E-state index >= 15 is 0 Å². The summed E-state index contributed by atoms with van der Waals surface area (Å²) in [5.74, 6) is 0.556. The monoisotopic (exact) mass is 252 g/mol. The number of esters is 1. The SMILES string of the molecule is CC.COC(=O)c1ccc(O)c(OCC2CC2)c1. The van der Waals surface area contributed by atoms with Crippen molar-refractivity contribution in [1.82, 2.24) is 0 Å². The molecular weight excluding hydrogens is 232 g/mol. The van der Waals surface area contributed by atoms with E-state index in [0.717, 1.165) is 0 Å². The molecule has 0 amide bonds. The average Bonchev–Trinajstić information content (AvgIpc) is 3.23. The summed E-state index contributed by atoms with van der Waals surface area (Å²) in [6, 6.07) is 4.45. The zero-order valence-electron chi connectivity index (χ0n) is 11.1. The molecule has 0 heterocycles. The molecule has 0 radical (unpaired) electrons. The van der Waals surface area contributed by atoms with E-state index in [9.17, 15) is 9.90 Å². The van der Waals surface area contributed by atoms with Crippen LogP contribution in [-0.2, 0) is 4.74 Å². The van der Waals surface area contributed by atoms with E-state index in [1.165, 1.54) is 38.2 Å². The molecule has 1 aliphatic carbocycles. The van der Waals surface area contributed by atoms with Crippen LogP contribution in [0.15, 0.2) is 18.2 Å². The summed E-state index contributed by atoms with van der Waals surface area (Å²) in [4.78, 5) is 11.3. The Balaban J connectivity index is 0.000000771. The number of carbonyl (C=O) groups is 1. The van der Waals surface area contributed by atoms with Crippen molar-refractivity contribution in [3.63, 3.8) is 0 Å². The van der Waals surface area contributed by atoms with E-state index in [1.54, 1.807) is 0 Å². The van der Waals surface area contributed by atoms with Gasteiger partial charge in [0.1, 0.15) is 0 Å². The Labute approximate surface area is 108 Å². The van der Waals surface area contributed by atoms with Gasteiger partial charge in [-0.05, 0) is 37.0 Å². The van der Waals surface area contributed by atoms with E-state index in [4.69, 9.17) is 4.74 Å². The molecule has 1 saturated carbocycles. The van der Waals surface area contributed by atoms with Gasteiger partial charge in [0.2, 0.25) is 0 Å². The summed E-state index contributed by atoms with van der Waals surface area (Å²) < 4.78 is 10.0. The van der Waals surface area contributed by atoms with Crippen LogP contribution in [-0.4, -0.2) is 24.8 Å². The largest absolute Gasteiger partial charge is 0.504 e. The Hall–Kier alpha value is -1.71. The average molecular weight is 252 g/mol. The van der Waals surface area contributed by atoms with Gasteiger partial charge in [-0.15, -0.1) is 0 Å². The molecule has 18 heavy (non-hydrogen) atoms. The van der Waals surface area contributed by atoms with Crippen molar-refractivity contribution in [2.45, 2.75) is 26.7 Å². The summed E-state index contributed by atoms with van der Waals surface area (Å²) in [5, 5.41) is 9.55. The van der Waals surface area contributed by atoms with Crippen molar-refractivity contribution in [3.8, 4) is 11.5 Å². The van der Waals surface area contributed by atoms with Gasteiger partial charge in [0.05, 0.1) is 19.3 Å². The van der Waals surface area contributed by atoms with Crippen LogP contribution in [0, 0.1) is 5.92 Å². The highest BCUT2D eigenvalue weighted by molar-refractivity contribution is 5.90. The highest BCUT2D eigenvalue weighted by atomic mass is 16.5. The molecule has 0 saturated heterocycles. The van der Waals surface area contributed by atoms with Crippen LogP contribution in [0.4, 0.5) is 0 Å². The Morgan fingerprint density at radius 3 is 2.61 bits per heavy atom. The van der Waals surface area contributed by atoms with Crippen LogP contribution in [0.1, 0.15) is 37.0 Å². The predicted molar refractivity (Wildman–Crippen MR) is 69.0 cm³/mol. The van der Waals surface area contributed by atoms with Crippen LogP contribution >= 0.6 is 0 Å². The van der Waals surface area contributed by atoms with Crippen LogP contribution in [0.3, 0.4) is 0 Å². The highest BCUT2D eigenvalue weighted by Gasteiger charge is 2.22. The third-order valence-corrected chi connectivity index (χ3v) is 2.55. The molecular formula is C14H20O4. The number of carbonyl (C=O) groups excluding carboxylic acids is 1. The number of rotatable bonds is 4. The van der Waals surface area contributed by atoms with Crippen molar-refractivity contribution in [2.75, 3.05) is 13.7 Å². The van der Waals surface area contributed by atoms with Gasteiger partial charge < -0.3 is 14.6 Å². The third kappa shape index (κ3) is 3.95. The maximum absolute atomic E-state index is 11.3. The predicted octanol–water partition coefficient (Wildman–Crippen LogP) is 2.99. The van der Waals surface area contributed by atoms with Crippen LogP contribution in [0.25, 0.3) is 0 Å². The first-order chi connectivity index (χ1) is 8.70. The molecule has 1 aliphatic rings. The lowest BCUT2D eigenvalue weighted by Crippen LogP contribution is -2.03. The summed E-state index contributed by atoms with van der Waals surface area (Å²) in [6.45, 7) is 4.60. The van der Waals surface area contributed by atoms with Gasteiger partial charge in [0.25, 0.3) is 0 Å². The van der Waals surface area contributed by atoms with Crippen molar-refractivity contribution in [2.24, 2.45) is 5.92 Å². The van der Waals surface area contributed by atoms with E-state index in [1.807, 2.05) is 13.8 Å². The quantitative estimate of drug-likeness (QED) is 0.837. The van der Waals surface area contributed by atoms with Gasteiger partial charge in [-0.3, -0.25) is 0 Å². The van der Waals surface area contributed by atoms with Gasteiger partial charge in [-0.2, -0.15) is 0 Å². The lowest BCUT2D eigenvalue weighted by molar-refractivity contribution is 0.0600. The molecule has 4 heteroatoms. The van der Waals surface area contributed by atoms with Crippen LogP contribution in [0.5, 0.6) is 11.5 Å². The zero-order valence-corrected chi connectivity index (χ0v) is 11.1. The fourth-order valence-electron chi connectivity index (χ4n) is 1.37. The molecule has 0 unspecified atom stereocenters. The second kappa shape index (κ2) is 6.89. The minimum Gasteiger partial charge on any atom is -0.504 e. The standard InChI is InChI=1S/C12H14O4.C2H6/c1-15-12(14)9-4-5-10(13)11(6-9)16-7-8-2-3-8;1-2/h4-6,8,13H,2-3,7H2,1H3;1-2H3. The fourth-order valence-corrected chi connectivity index (χ4v) is 1.37. The van der Waals surface area contributed by atoms with Crippen molar-refractivity contribution in [1.29, 1.82) is 0 Å². The van der Waals surface area contributed by atoms with E-state index in [-0.39, 0.29) is 5.75 Å². The lowest BCUT2D eigenvalue weighted by atomic mass is 10.2. The smallest absolute Gasteiger partial charge is 0.337 e. The van der Waals surface area contributed by atoms with Crippen LogP contribution in [0.2, 0.25) is 0 Å². The topological polar surface area (TPSA) is 55.8 Å². The Kier molecular flexibility index (Phi) is 5.49. The molecule has 0 spiro atoms. The summed E-state index contributed by atoms with van der Waals surface area (Å²) in [5.41, 5.74) is 0.381. The molecule has 4 nitrogen and oxygen atoms in total. The number of ether oxygens (including phenoxy) is 2. The first-order valence-corrected chi connectivity index (χ1v) is 6.25. The first-order valence-electron chi connectivity index (χ1n) is 6.25. The first kappa shape index (κ1) is 14.4. The fraction of sp³-hybridized carbons (Fsp3) is 0.500. The van der Waals surface area contributed by atoms with Crippen LogP contribution < -0.4 is 4.74 Å². The molecule has 1 aromatic rings. The van der Waals surface area contributed by atoms with Gasteiger partial charge in [0.15, 0.2) is 11.5 Å². The zero-order chi connectivity index (χ0) is 13.5. The molecule has 1 fully saturated rings. The minimum absolute atomic E-state index is 0.0494. The molecule has 0 aromatic heterocycles. The highest BCUT2D eigenvalue weighted by Crippen LogP contribution is 2.32. The van der Waals surface area contributed by atoms with E-state index in [0.29, 0.717) is 23.8 Å². The molecule has 1 N–H and O–H groups in total. The second-order valence-corrected chi connectivity index (χ2v) is 3.93.